The molecule has 74 valence electrons. The quantitative estimate of drug-likeness (QED) is 0.708. The van der Waals surface area contributed by atoms with Gasteiger partial charge in [-0.25, -0.2) is 4.98 Å². The summed E-state index contributed by atoms with van der Waals surface area (Å²) in [4.78, 5) is 4.48. The predicted molar refractivity (Wildman–Crippen MR) is 58.5 cm³/mol. The number of fused-ring (bicyclic) bond motifs is 1. The Labute approximate surface area is 84.6 Å². The molecule has 0 amide bonds. The number of hydrogen-bond donors (Lipinski definition) is 0. The van der Waals surface area contributed by atoms with Crippen molar-refractivity contribution in [2.75, 3.05) is 0 Å². The smallest absolute Gasteiger partial charge is 0.118 e. The van der Waals surface area contributed by atoms with Crippen molar-refractivity contribution in [2.24, 2.45) is 0 Å². The molecule has 2 nitrogen and oxygen atoms in total. The van der Waals surface area contributed by atoms with E-state index in [0.29, 0.717) is 0 Å². The fraction of sp³-hybridized carbons (Fsp3) is 0.417. The summed E-state index contributed by atoms with van der Waals surface area (Å²) in [6, 6.07) is 6.21. The molecule has 0 aliphatic heterocycles. The highest BCUT2D eigenvalue weighted by molar-refractivity contribution is 5.47. The molecule has 2 heteroatoms. The van der Waals surface area contributed by atoms with Crippen molar-refractivity contribution in [3.05, 3.63) is 36.4 Å². The van der Waals surface area contributed by atoms with Gasteiger partial charge in [0.2, 0.25) is 0 Å². The Bertz CT molecular complexity index is 440. The number of hydrogen-bond acceptors (Lipinski definition) is 1. The zero-order valence-electron chi connectivity index (χ0n) is 8.99. The topological polar surface area (TPSA) is 17.3 Å². The van der Waals surface area contributed by atoms with E-state index in [1.165, 1.54) is 5.52 Å². The normalized spacial score (nSPS) is 12.2. The van der Waals surface area contributed by atoms with Gasteiger partial charge in [-0.3, -0.25) is 0 Å². The van der Waals surface area contributed by atoms with Gasteiger partial charge in [-0.15, -0.1) is 0 Å². The zero-order chi connectivity index (χ0) is 10.2. The van der Waals surface area contributed by atoms with Crippen LogP contribution in [-0.4, -0.2) is 9.38 Å². The minimum absolute atomic E-state index is 0.137. The monoisotopic (exact) mass is 188 g/mol. The van der Waals surface area contributed by atoms with Crippen LogP contribution in [0.15, 0.2) is 30.6 Å². The number of rotatable bonds is 2. The molecule has 2 rings (SSSR count). The third-order valence-electron chi connectivity index (χ3n) is 2.94. The maximum atomic E-state index is 4.48. The van der Waals surface area contributed by atoms with Crippen LogP contribution in [0.25, 0.3) is 5.52 Å². The van der Waals surface area contributed by atoms with Crippen LogP contribution in [0.2, 0.25) is 0 Å². The molecule has 0 N–H and O–H groups in total. The maximum absolute atomic E-state index is 4.48. The molecule has 0 radical (unpaired) electrons. The Morgan fingerprint density at radius 1 is 1.36 bits per heavy atom. The highest BCUT2D eigenvalue weighted by atomic mass is 15.0. The van der Waals surface area contributed by atoms with E-state index in [1.54, 1.807) is 0 Å². The van der Waals surface area contributed by atoms with Crippen LogP contribution in [-0.2, 0) is 5.41 Å². The first kappa shape index (κ1) is 9.25. The predicted octanol–water partition coefficient (Wildman–Crippen LogP) is 3.02. The van der Waals surface area contributed by atoms with Gasteiger partial charge < -0.3 is 4.40 Å². The van der Waals surface area contributed by atoms with Gasteiger partial charge in [0.05, 0.1) is 0 Å². The summed E-state index contributed by atoms with van der Waals surface area (Å²) in [5.41, 5.74) is 1.36. The van der Waals surface area contributed by atoms with E-state index in [9.17, 15) is 0 Å². The molecule has 2 heterocycles. The van der Waals surface area contributed by atoms with Crippen molar-refractivity contribution in [1.82, 2.24) is 9.38 Å². The molecular weight excluding hydrogens is 172 g/mol. The highest BCUT2D eigenvalue weighted by Gasteiger charge is 2.22. The minimum atomic E-state index is 0.137. The molecule has 0 saturated heterocycles. The molecule has 0 aliphatic carbocycles. The maximum Gasteiger partial charge on any atom is 0.118 e. The van der Waals surface area contributed by atoms with Crippen LogP contribution in [0.1, 0.15) is 33.0 Å². The van der Waals surface area contributed by atoms with Gasteiger partial charge in [-0.2, -0.15) is 0 Å². The van der Waals surface area contributed by atoms with E-state index in [0.717, 1.165) is 12.2 Å². The van der Waals surface area contributed by atoms with E-state index in [-0.39, 0.29) is 5.41 Å². The summed E-state index contributed by atoms with van der Waals surface area (Å²) >= 11 is 0. The van der Waals surface area contributed by atoms with E-state index in [2.05, 4.69) is 48.5 Å². The molecule has 0 unspecified atom stereocenters. The second kappa shape index (κ2) is 3.12. The first-order chi connectivity index (χ1) is 6.65. The molecule has 0 aliphatic rings. The van der Waals surface area contributed by atoms with E-state index in [4.69, 9.17) is 0 Å². The Balaban J connectivity index is 2.67. The van der Waals surface area contributed by atoms with Crippen molar-refractivity contribution in [2.45, 2.75) is 32.6 Å². The van der Waals surface area contributed by atoms with Gasteiger partial charge in [-0.1, -0.05) is 20.8 Å². The van der Waals surface area contributed by atoms with Gasteiger partial charge in [0, 0.05) is 23.3 Å². The largest absolute Gasteiger partial charge is 0.305 e. The van der Waals surface area contributed by atoms with Crippen LogP contribution in [0.4, 0.5) is 0 Å². The van der Waals surface area contributed by atoms with Crippen LogP contribution >= 0.6 is 0 Å². The van der Waals surface area contributed by atoms with Crippen molar-refractivity contribution in [3.63, 3.8) is 0 Å². The van der Waals surface area contributed by atoms with E-state index >= 15 is 0 Å². The fourth-order valence-corrected chi connectivity index (χ4v) is 1.63. The summed E-state index contributed by atoms with van der Waals surface area (Å²) in [5.74, 6) is 1.14. The Hall–Kier alpha value is -1.31. The first-order valence-corrected chi connectivity index (χ1v) is 5.08. The van der Waals surface area contributed by atoms with Crippen LogP contribution in [0.5, 0.6) is 0 Å². The second-order valence-electron chi connectivity index (χ2n) is 4.31. The molecule has 0 bridgehead atoms. The zero-order valence-corrected chi connectivity index (χ0v) is 8.99. The lowest BCUT2D eigenvalue weighted by Gasteiger charge is -2.23. The molecule has 2 aromatic heterocycles. The Morgan fingerprint density at radius 2 is 2.14 bits per heavy atom. The van der Waals surface area contributed by atoms with Crippen LogP contribution in [0, 0.1) is 0 Å². The van der Waals surface area contributed by atoms with Crippen molar-refractivity contribution >= 4 is 5.52 Å². The molecule has 14 heavy (non-hydrogen) atoms. The third kappa shape index (κ3) is 1.31. The van der Waals surface area contributed by atoms with Crippen molar-refractivity contribution in [1.29, 1.82) is 0 Å². The Kier molecular flexibility index (Phi) is 2.06. The highest BCUT2D eigenvalue weighted by Crippen LogP contribution is 2.25. The van der Waals surface area contributed by atoms with Gasteiger partial charge >= 0.3 is 0 Å². The summed E-state index contributed by atoms with van der Waals surface area (Å²) in [7, 11) is 0. The number of nitrogens with zero attached hydrogens (tertiary/aromatic N) is 2. The average Bonchev–Trinajstić information content (AvgIpc) is 2.64. The molecular formula is C12H16N2. The second-order valence-corrected chi connectivity index (χ2v) is 4.31. The van der Waals surface area contributed by atoms with Gasteiger partial charge in [-0.05, 0) is 24.6 Å². The molecule has 0 aromatic carbocycles. The van der Waals surface area contributed by atoms with Gasteiger partial charge in [0.25, 0.3) is 0 Å². The van der Waals surface area contributed by atoms with Gasteiger partial charge in [0.15, 0.2) is 0 Å². The van der Waals surface area contributed by atoms with Crippen LogP contribution in [0.3, 0.4) is 0 Å². The van der Waals surface area contributed by atoms with Crippen LogP contribution < -0.4 is 0 Å². The molecule has 2 aromatic rings. The van der Waals surface area contributed by atoms with E-state index < -0.39 is 0 Å². The molecule has 0 spiro atoms. The summed E-state index contributed by atoms with van der Waals surface area (Å²) in [6.07, 6.45) is 5.06. The lowest BCUT2D eigenvalue weighted by molar-refractivity contribution is 0.466. The standard InChI is InChI=1S/C12H16N2/c1-4-12(2,3)11-13-8-7-10-6-5-9-14(10)11/h5-9H,4H2,1-3H3. The average molecular weight is 188 g/mol. The van der Waals surface area contributed by atoms with Crippen molar-refractivity contribution in [3.8, 4) is 0 Å². The lowest BCUT2D eigenvalue weighted by Crippen LogP contribution is -2.21. The molecule has 0 saturated carbocycles. The lowest BCUT2D eigenvalue weighted by atomic mass is 9.89. The van der Waals surface area contributed by atoms with Gasteiger partial charge in [0.1, 0.15) is 5.82 Å². The van der Waals surface area contributed by atoms with Crippen molar-refractivity contribution < 1.29 is 0 Å². The SMILES string of the molecule is CCC(C)(C)c1nccc2cccn12. The number of aromatic nitrogens is 2. The molecule has 0 atom stereocenters. The first-order valence-electron chi connectivity index (χ1n) is 5.08. The third-order valence-corrected chi connectivity index (χ3v) is 2.94. The molecule has 0 fully saturated rings. The summed E-state index contributed by atoms with van der Waals surface area (Å²) < 4.78 is 2.17. The van der Waals surface area contributed by atoms with E-state index in [1.807, 2.05) is 12.3 Å². The minimum Gasteiger partial charge on any atom is -0.305 e. The summed E-state index contributed by atoms with van der Waals surface area (Å²) in [5, 5.41) is 0. The Morgan fingerprint density at radius 3 is 2.86 bits per heavy atom. The fourth-order valence-electron chi connectivity index (χ4n) is 1.63. The summed E-state index contributed by atoms with van der Waals surface area (Å²) in [6.45, 7) is 6.66.